The molecule has 1 aliphatic rings. The summed E-state index contributed by atoms with van der Waals surface area (Å²) in [4.78, 5) is 15.6. The van der Waals surface area contributed by atoms with E-state index in [1.807, 2.05) is 18.2 Å². The third-order valence-corrected chi connectivity index (χ3v) is 2.15. The van der Waals surface area contributed by atoms with Crippen molar-refractivity contribution in [3.8, 4) is 0 Å². The van der Waals surface area contributed by atoms with E-state index >= 15 is 0 Å². The van der Waals surface area contributed by atoms with Gasteiger partial charge in [-0.05, 0) is 24.6 Å². The zero-order valence-electron chi connectivity index (χ0n) is 7.99. The first-order chi connectivity index (χ1) is 6.81. The highest BCUT2D eigenvalue weighted by molar-refractivity contribution is 5.96. The first-order valence-electron chi connectivity index (χ1n) is 4.63. The second-order valence-electron chi connectivity index (χ2n) is 3.11. The number of carbonyl (C=O) groups is 1. The van der Waals surface area contributed by atoms with Crippen LogP contribution in [-0.2, 0) is 16.0 Å². The van der Waals surface area contributed by atoms with Gasteiger partial charge in [-0.25, -0.2) is 4.79 Å². The summed E-state index contributed by atoms with van der Waals surface area (Å²) in [6.45, 7) is 2.22. The van der Waals surface area contributed by atoms with Crippen molar-refractivity contribution in [2.24, 2.45) is 0 Å². The highest BCUT2D eigenvalue weighted by atomic mass is 16.5. The van der Waals surface area contributed by atoms with Crippen LogP contribution in [0.3, 0.4) is 0 Å². The Labute approximate surface area is 82.4 Å². The molecular weight excluding hydrogens is 178 g/mol. The van der Waals surface area contributed by atoms with Gasteiger partial charge in [0.2, 0.25) is 0 Å². The lowest BCUT2D eigenvalue weighted by Crippen LogP contribution is -2.07. The standard InChI is InChI=1S/C11H11NO2/c1-2-14-11(13)9-6-8-4-3-5-12-10(8)7-9/h3-6H,2,7H2,1H3. The van der Waals surface area contributed by atoms with Gasteiger partial charge in [-0.15, -0.1) is 0 Å². The van der Waals surface area contributed by atoms with Crippen molar-refractivity contribution < 1.29 is 9.53 Å². The molecule has 0 saturated carbocycles. The van der Waals surface area contributed by atoms with E-state index in [0.29, 0.717) is 18.6 Å². The Bertz CT molecular complexity index is 396. The minimum absolute atomic E-state index is 0.231. The maximum absolute atomic E-state index is 11.4. The number of aromatic nitrogens is 1. The lowest BCUT2D eigenvalue weighted by Gasteiger charge is -2.00. The molecule has 2 rings (SSSR count). The predicted molar refractivity (Wildman–Crippen MR) is 52.6 cm³/mol. The van der Waals surface area contributed by atoms with E-state index in [2.05, 4.69) is 4.98 Å². The predicted octanol–water partition coefficient (Wildman–Crippen LogP) is 1.58. The van der Waals surface area contributed by atoms with Crippen molar-refractivity contribution in [3.63, 3.8) is 0 Å². The van der Waals surface area contributed by atoms with Crippen molar-refractivity contribution in [1.29, 1.82) is 0 Å². The lowest BCUT2D eigenvalue weighted by molar-refractivity contribution is -0.138. The monoisotopic (exact) mass is 189 g/mol. The van der Waals surface area contributed by atoms with Crippen LogP contribution < -0.4 is 0 Å². The Balaban J connectivity index is 2.19. The summed E-state index contributed by atoms with van der Waals surface area (Å²) in [5.41, 5.74) is 2.67. The van der Waals surface area contributed by atoms with Gasteiger partial charge >= 0.3 is 5.97 Å². The lowest BCUT2D eigenvalue weighted by atomic mass is 10.2. The average Bonchev–Trinajstić information content (AvgIpc) is 2.61. The summed E-state index contributed by atoms with van der Waals surface area (Å²) in [6, 6.07) is 3.82. The summed E-state index contributed by atoms with van der Waals surface area (Å²) < 4.78 is 4.92. The normalized spacial score (nSPS) is 13.4. The van der Waals surface area contributed by atoms with Gasteiger partial charge in [0, 0.05) is 18.2 Å². The summed E-state index contributed by atoms with van der Waals surface area (Å²) in [6.07, 6.45) is 4.18. The average molecular weight is 189 g/mol. The van der Waals surface area contributed by atoms with Crippen molar-refractivity contribution in [1.82, 2.24) is 4.98 Å². The SMILES string of the molecule is CCOC(=O)C1=Cc2cccnc2C1. The Morgan fingerprint density at radius 1 is 1.64 bits per heavy atom. The molecule has 1 aromatic heterocycles. The largest absolute Gasteiger partial charge is 0.463 e. The number of hydrogen-bond acceptors (Lipinski definition) is 3. The summed E-state index contributed by atoms with van der Waals surface area (Å²) in [5, 5.41) is 0. The van der Waals surface area contributed by atoms with Crippen LogP contribution in [0.1, 0.15) is 18.2 Å². The number of carbonyl (C=O) groups excluding carboxylic acids is 1. The van der Waals surface area contributed by atoms with E-state index in [9.17, 15) is 4.79 Å². The van der Waals surface area contributed by atoms with E-state index in [1.165, 1.54) is 0 Å². The van der Waals surface area contributed by atoms with Gasteiger partial charge in [0.25, 0.3) is 0 Å². The number of esters is 1. The third-order valence-electron chi connectivity index (χ3n) is 2.15. The molecule has 14 heavy (non-hydrogen) atoms. The molecule has 1 aromatic rings. The molecule has 0 bridgehead atoms. The highest BCUT2D eigenvalue weighted by Crippen LogP contribution is 2.23. The van der Waals surface area contributed by atoms with Crippen LogP contribution in [0, 0.1) is 0 Å². The Morgan fingerprint density at radius 3 is 3.21 bits per heavy atom. The smallest absolute Gasteiger partial charge is 0.334 e. The molecule has 0 spiro atoms. The molecule has 0 N–H and O–H groups in total. The molecule has 3 nitrogen and oxygen atoms in total. The van der Waals surface area contributed by atoms with Gasteiger partial charge in [-0.2, -0.15) is 0 Å². The molecule has 0 unspecified atom stereocenters. The van der Waals surface area contributed by atoms with Gasteiger partial charge in [-0.1, -0.05) is 6.07 Å². The quantitative estimate of drug-likeness (QED) is 0.663. The van der Waals surface area contributed by atoms with Crippen LogP contribution in [-0.4, -0.2) is 17.6 Å². The maximum atomic E-state index is 11.4. The second kappa shape index (κ2) is 3.62. The molecule has 1 aliphatic carbocycles. The first-order valence-corrected chi connectivity index (χ1v) is 4.63. The summed E-state index contributed by atoms with van der Waals surface area (Å²) in [7, 11) is 0. The minimum Gasteiger partial charge on any atom is -0.463 e. The van der Waals surface area contributed by atoms with Crippen LogP contribution in [0.15, 0.2) is 23.9 Å². The Kier molecular flexibility index (Phi) is 2.31. The van der Waals surface area contributed by atoms with E-state index in [0.717, 1.165) is 11.3 Å². The molecule has 3 heteroatoms. The topological polar surface area (TPSA) is 39.2 Å². The number of rotatable bonds is 2. The van der Waals surface area contributed by atoms with Crippen LogP contribution in [0.25, 0.3) is 6.08 Å². The molecule has 72 valence electrons. The molecule has 0 radical (unpaired) electrons. The minimum atomic E-state index is -0.231. The van der Waals surface area contributed by atoms with Gasteiger partial charge in [-0.3, -0.25) is 4.98 Å². The number of pyridine rings is 1. The molecule has 0 atom stereocenters. The van der Waals surface area contributed by atoms with Crippen LogP contribution >= 0.6 is 0 Å². The number of fused-ring (bicyclic) bond motifs is 1. The Hall–Kier alpha value is -1.64. The summed E-state index contributed by atoms with van der Waals surface area (Å²) in [5.74, 6) is -0.231. The van der Waals surface area contributed by atoms with Crippen molar-refractivity contribution >= 4 is 12.0 Å². The van der Waals surface area contributed by atoms with E-state index in [4.69, 9.17) is 4.74 Å². The van der Waals surface area contributed by atoms with Gasteiger partial charge in [0.15, 0.2) is 0 Å². The van der Waals surface area contributed by atoms with E-state index in [1.54, 1.807) is 13.1 Å². The summed E-state index contributed by atoms with van der Waals surface area (Å²) >= 11 is 0. The van der Waals surface area contributed by atoms with Crippen molar-refractivity contribution in [3.05, 3.63) is 35.2 Å². The fourth-order valence-electron chi connectivity index (χ4n) is 1.50. The van der Waals surface area contributed by atoms with Crippen LogP contribution in [0.5, 0.6) is 0 Å². The van der Waals surface area contributed by atoms with Gasteiger partial charge in [0.1, 0.15) is 0 Å². The third kappa shape index (κ3) is 1.53. The van der Waals surface area contributed by atoms with Gasteiger partial charge < -0.3 is 4.74 Å². The van der Waals surface area contributed by atoms with Crippen molar-refractivity contribution in [2.75, 3.05) is 6.61 Å². The maximum Gasteiger partial charge on any atom is 0.334 e. The fourth-order valence-corrected chi connectivity index (χ4v) is 1.50. The first kappa shape index (κ1) is 8.94. The molecule has 1 heterocycles. The molecular formula is C11H11NO2. The van der Waals surface area contributed by atoms with Gasteiger partial charge in [0.05, 0.1) is 12.3 Å². The number of hydrogen-bond donors (Lipinski definition) is 0. The fraction of sp³-hybridized carbons (Fsp3) is 0.273. The van der Waals surface area contributed by atoms with Crippen molar-refractivity contribution in [2.45, 2.75) is 13.3 Å². The zero-order chi connectivity index (χ0) is 9.97. The second-order valence-corrected chi connectivity index (χ2v) is 3.11. The van der Waals surface area contributed by atoms with E-state index < -0.39 is 0 Å². The van der Waals surface area contributed by atoms with E-state index in [-0.39, 0.29) is 5.97 Å². The highest BCUT2D eigenvalue weighted by Gasteiger charge is 2.19. The van der Waals surface area contributed by atoms with Crippen LogP contribution in [0.2, 0.25) is 0 Å². The molecule has 0 aliphatic heterocycles. The number of nitrogens with zero attached hydrogens (tertiary/aromatic N) is 1. The molecule has 0 saturated heterocycles. The zero-order valence-corrected chi connectivity index (χ0v) is 7.99. The Morgan fingerprint density at radius 2 is 2.50 bits per heavy atom. The molecule has 0 fully saturated rings. The molecule has 0 aromatic carbocycles. The molecule has 0 amide bonds. The van der Waals surface area contributed by atoms with Crippen LogP contribution in [0.4, 0.5) is 0 Å². The number of ether oxygens (including phenoxy) is 1.